The third-order valence-electron chi connectivity index (χ3n) is 9.22. The SMILES string of the molecule is C/C=C/CCc1ccc(C2CCC(CCC3CCC(C[C@@H](C)c4ccccc4)CC3)CC2)cc1F. The zero-order valence-corrected chi connectivity index (χ0v) is 22.2. The van der Waals surface area contributed by atoms with E-state index < -0.39 is 0 Å². The van der Waals surface area contributed by atoms with Crippen molar-refractivity contribution in [1.82, 2.24) is 0 Å². The van der Waals surface area contributed by atoms with E-state index in [0.717, 1.165) is 36.2 Å². The average Bonchev–Trinajstić information content (AvgIpc) is 2.90. The molecule has 0 amide bonds. The highest BCUT2D eigenvalue weighted by atomic mass is 19.1. The molecular weight excluding hydrogens is 427 g/mol. The van der Waals surface area contributed by atoms with Gasteiger partial charge < -0.3 is 0 Å². The van der Waals surface area contributed by atoms with Gasteiger partial charge in [0.2, 0.25) is 0 Å². The fourth-order valence-electron chi connectivity index (χ4n) is 6.86. The van der Waals surface area contributed by atoms with Crippen LogP contribution in [0.3, 0.4) is 0 Å². The Kier molecular flexibility index (Phi) is 10.0. The number of benzene rings is 2. The Hall–Kier alpha value is -1.89. The van der Waals surface area contributed by atoms with Gasteiger partial charge in [-0.3, -0.25) is 0 Å². The van der Waals surface area contributed by atoms with Gasteiger partial charge in [-0.05, 0) is 104 Å². The number of hydrogen-bond donors (Lipinski definition) is 0. The summed E-state index contributed by atoms with van der Waals surface area (Å²) < 4.78 is 14.6. The Balaban J connectivity index is 1.14. The fraction of sp³-hybridized carbons (Fsp3) is 0.588. The van der Waals surface area contributed by atoms with Gasteiger partial charge in [0.15, 0.2) is 0 Å². The van der Waals surface area contributed by atoms with Gasteiger partial charge >= 0.3 is 0 Å². The van der Waals surface area contributed by atoms with Crippen molar-refractivity contribution in [2.75, 3.05) is 0 Å². The molecular formula is C34H47F. The van der Waals surface area contributed by atoms with Crippen LogP contribution in [0.15, 0.2) is 60.7 Å². The Bertz CT molecular complexity index is 897. The second kappa shape index (κ2) is 13.4. The van der Waals surface area contributed by atoms with Crippen molar-refractivity contribution in [3.8, 4) is 0 Å². The first-order valence-electron chi connectivity index (χ1n) is 14.6. The lowest BCUT2D eigenvalue weighted by Crippen LogP contribution is -2.18. The van der Waals surface area contributed by atoms with E-state index in [1.54, 1.807) is 0 Å². The molecule has 0 aliphatic heterocycles. The second-order valence-electron chi connectivity index (χ2n) is 11.7. The van der Waals surface area contributed by atoms with E-state index >= 15 is 0 Å². The van der Waals surface area contributed by atoms with Gasteiger partial charge in [-0.25, -0.2) is 4.39 Å². The summed E-state index contributed by atoms with van der Waals surface area (Å²) in [7, 11) is 0. The quantitative estimate of drug-likeness (QED) is 0.300. The smallest absolute Gasteiger partial charge is 0.126 e. The highest BCUT2D eigenvalue weighted by molar-refractivity contribution is 5.28. The number of allylic oxidation sites excluding steroid dienone is 2. The molecule has 0 unspecified atom stereocenters. The molecule has 2 aliphatic rings. The molecule has 0 heterocycles. The van der Waals surface area contributed by atoms with E-state index in [9.17, 15) is 4.39 Å². The van der Waals surface area contributed by atoms with Crippen molar-refractivity contribution in [1.29, 1.82) is 0 Å². The van der Waals surface area contributed by atoms with Crippen molar-refractivity contribution >= 4 is 0 Å². The van der Waals surface area contributed by atoms with Gasteiger partial charge in [-0.15, -0.1) is 0 Å². The molecule has 35 heavy (non-hydrogen) atoms. The van der Waals surface area contributed by atoms with Crippen molar-refractivity contribution in [2.45, 2.75) is 109 Å². The predicted molar refractivity (Wildman–Crippen MR) is 148 cm³/mol. The maximum atomic E-state index is 14.6. The zero-order valence-electron chi connectivity index (χ0n) is 22.2. The van der Waals surface area contributed by atoms with Crippen LogP contribution in [0, 0.1) is 23.6 Å². The van der Waals surface area contributed by atoms with E-state index in [1.165, 1.54) is 81.8 Å². The Morgan fingerprint density at radius 3 is 2.09 bits per heavy atom. The van der Waals surface area contributed by atoms with Crippen LogP contribution in [-0.2, 0) is 6.42 Å². The predicted octanol–water partition coefficient (Wildman–Crippen LogP) is 10.4. The molecule has 0 saturated heterocycles. The summed E-state index contributed by atoms with van der Waals surface area (Å²) in [6, 6.07) is 17.2. The second-order valence-corrected chi connectivity index (χ2v) is 11.7. The van der Waals surface area contributed by atoms with E-state index in [0.29, 0.717) is 11.8 Å². The molecule has 0 spiro atoms. The number of aryl methyl sites for hydroxylation is 1. The van der Waals surface area contributed by atoms with Gasteiger partial charge in [0.1, 0.15) is 5.82 Å². The normalized spacial score (nSPS) is 26.1. The van der Waals surface area contributed by atoms with Crippen LogP contribution < -0.4 is 0 Å². The van der Waals surface area contributed by atoms with Gasteiger partial charge in [0, 0.05) is 0 Å². The van der Waals surface area contributed by atoms with E-state index in [2.05, 4.69) is 49.4 Å². The molecule has 2 saturated carbocycles. The molecule has 0 aromatic heterocycles. The van der Waals surface area contributed by atoms with E-state index in [4.69, 9.17) is 0 Å². The number of hydrogen-bond acceptors (Lipinski definition) is 0. The molecule has 2 aromatic rings. The number of rotatable bonds is 10. The molecule has 4 rings (SSSR count). The number of halogens is 1. The molecule has 0 nitrogen and oxygen atoms in total. The van der Waals surface area contributed by atoms with E-state index in [-0.39, 0.29) is 5.82 Å². The monoisotopic (exact) mass is 474 g/mol. The molecule has 0 radical (unpaired) electrons. The molecule has 190 valence electrons. The summed E-state index contributed by atoms with van der Waals surface area (Å²) in [5.74, 6) is 4.03. The Labute approximate surface area is 214 Å². The third-order valence-corrected chi connectivity index (χ3v) is 9.22. The third kappa shape index (κ3) is 7.80. The molecule has 1 atom stereocenters. The zero-order chi connectivity index (χ0) is 24.5. The van der Waals surface area contributed by atoms with Crippen molar-refractivity contribution in [3.05, 3.63) is 83.2 Å². The largest absolute Gasteiger partial charge is 0.207 e. The summed E-state index contributed by atoms with van der Waals surface area (Å²) in [4.78, 5) is 0. The van der Waals surface area contributed by atoms with Crippen LogP contribution in [0.5, 0.6) is 0 Å². The molecule has 0 N–H and O–H groups in total. The van der Waals surface area contributed by atoms with Crippen LogP contribution >= 0.6 is 0 Å². The molecule has 0 bridgehead atoms. The Morgan fingerprint density at radius 1 is 0.829 bits per heavy atom. The minimum atomic E-state index is 0.00268. The van der Waals surface area contributed by atoms with Crippen LogP contribution in [0.1, 0.15) is 119 Å². The van der Waals surface area contributed by atoms with Crippen LogP contribution in [-0.4, -0.2) is 0 Å². The first kappa shape index (κ1) is 26.2. The van der Waals surface area contributed by atoms with Gasteiger partial charge in [0.05, 0.1) is 0 Å². The van der Waals surface area contributed by atoms with Crippen LogP contribution in [0.4, 0.5) is 4.39 Å². The molecule has 1 heteroatoms. The average molecular weight is 475 g/mol. The maximum absolute atomic E-state index is 14.6. The van der Waals surface area contributed by atoms with Crippen molar-refractivity contribution in [2.24, 2.45) is 17.8 Å². The maximum Gasteiger partial charge on any atom is 0.126 e. The molecule has 2 fully saturated rings. The van der Waals surface area contributed by atoms with Gasteiger partial charge in [-0.1, -0.05) is 100 Å². The lowest BCUT2D eigenvalue weighted by Gasteiger charge is -2.33. The van der Waals surface area contributed by atoms with E-state index in [1.807, 2.05) is 25.1 Å². The van der Waals surface area contributed by atoms with Crippen molar-refractivity contribution < 1.29 is 4.39 Å². The molecule has 2 aromatic carbocycles. The Morgan fingerprint density at radius 2 is 1.46 bits per heavy atom. The first-order valence-corrected chi connectivity index (χ1v) is 14.6. The summed E-state index contributed by atoms with van der Waals surface area (Å²) >= 11 is 0. The fourth-order valence-corrected chi connectivity index (χ4v) is 6.86. The summed E-state index contributed by atoms with van der Waals surface area (Å²) in [5, 5.41) is 0. The highest BCUT2D eigenvalue weighted by Gasteiger charge is 2.26. The summed E-state index contributed by atoms with van der Waals surface area (Å²) in [6.45, 7) is 4.43. The van der Waals surface area contributed by atoms with Gasteiger partial charge in [-0.2, -0.15) is 0 Å². The lowest BCUT2D eigenvalue weighted by molar-refractivity contribution is 0.220. The topological polar surface area (TPSA) is 0 Å². The summed E-state index contributed by atoms with van der Waals surface area (Å²) in [6.07, 6.45) is 21.0. The molecule has 2 aliphatic carbocycles. The lowest BCUT2D eigenvalue weighted by atomic mass is 9.73. The minimum Gasteiger partial charge on any atom is -0.207 e. The van der Waals surface area contributed by atoms with Crippen LogP contribution in [0.2, 0.25) is 0 Å². The summed E-state index contributed by atoms with van der Waals surface area (Å²) in [5.41, 5.74) is 3.61. The van der Waals surface area contributed by atoms with Gasteiger partial charge in [0.25, 0.3) is 0 Å². The highest BCUT2D eigenvalue weighted by Crippen LogP contribution is 2.41. The van der Waals surface area contributed by atoms with Crippen molar-refractivity contribution in [3.63, 3.8) is 0 Å². The standard InChI is InChI=1S/C34H47F/c1-3-4-6-11-32-22-23-33(25-34(32)35)31-20-18-28(19-21-31)13-12-27-14-16-29(17-15-27)24-26(2)30-9-7-5-8-10-30/h3-5,7-10,22-23,25-29,31H,6,11-21,24H2,1-2H3/b4-3+/t26-,27?,28?,29?,31?/m1/s1. The minimum absolute atomic E-state index is 0.00268. The first-order chi connectivity index (χ1) is 17.1. The van der Waals surface area contributed by atoms with Crippen LogP contribution in [0.25, 0.3) is 0 Å².